The summed E-state index contributed by atoms with van der Waals surface area (Å²) in [6.45, 7) is 3.31. The second-order valence-electron chi connectivity index (χ2n) is 8.56. The highest BCUT2D eigenvalue weighted by Crippen LogP contribution is 2.26. The molecule has 2 heterocycles. The molecule has 1 saturated heterocycles. The van der Waals surface area contributed by atoms with Crippen molar-refractivity contribution in [1.82, 2.24) is 10.2 Å². The van der Waals surface area contributed by atoms with Crippen molar-refractivity contribution in [3.8, 4) is 0 Å². The first-order chi connectivity index (χ1) is 16.1. The molecule has 1 fully saturated rings. The molecule has 0 radical (unpaired) electrons. The second-order valence-corrected chi connectivity index (χ2v) is 8.94. The maximum Gasteiger partial charge on any atom is 0.260 e. The molecule has 172 valence electrons. The number of anilines is 1. The predicted molar refractivity (Wildman–Crippen MR) is 135 cm³/mol. The number of unbranched alkanes of at least 4 members (excludes halogenated alkanes) is 1. The van der Waals surface area contributed by atoms with E-state index in [0.29, 0.717) is 22.6 Å². The van der Waals surface area contributed by atoms with Gasteiger partial charge in [0, 0.05) is 35.4 Å². The van der Waals surface area contributed by atoms with Gasteiger partial charge in [-0.2, -0.15) is 0 Å². The maximum atomic E-state index is 12.6. The molecule has 2 aromatic carbocycles. The van der Waals surface area contributed by atoms with Crippen molar-refractivity contribution in [3.63, 3.8) is 0 Å². The van der Waals surface area contributed by atoms with E-state index in [1.165, 1.54) is 37.9 Å². The summed E-state index contributed by atoms with van der Waals surface area (Å²) in [5, 5.41) is 5.66. The van der Waals surface area contributed by atoms with Gasteiger partial charge in [-0.1, -0.05) is 36.8 Å². The van der Waals surface area contributed by atoms with Gasteiger partial charge in [-0.05, 0) is 74.2 Å². The summed E-state index contributed by atoms with van der Waals surface area (Å²) in [5.74, 6) is -0.141. The number of rotatable bonds is 8. The van der Waals surface area contributed by atoms with E-state index in [-0.39, 0.29) is 5.91 Å². The number of halogens is 1. The number of fused-ring (bicyclic) bond motifs is 1. The van der Waals surface area contributed by atoms with Crippen molar-refractivity contribution >= 4 is 40.8 Å². The van der Waals surface area contributed by atoms with E-state index < -0.39 is 5.91 Å². The van der Waals surface area contributed by atoms with Crippen LogP contribution in [0.25, 0.3) is 11.6 Å². The molecule has 5 nitrogen and oxygen atoms in total. The maximum absolute atomic E-state index is 12.6. The van der Waals surface area contributed by atoms with E-state index >= 15 is 0 Å². The summed E-state index contributed by atoms with van der Waals surface area (Å²) in [7, 11) is 0. The number of nitrogens with zero attached hydrogens (tertiary/aromatic N) is 1. The number of nitrogens with one attached hydrogen (secondary N) is 2. The third kappa shape index (κ3) is 6.12. The van der Waals surface area contributed by atoms with Gasteiger partial charge in [0.15, 0.2) is 0 Å². The Hall–Kier alpha value is -2.89. The van der Waals surface area contributed by atoms with E-state index in [0.717, 1.165) is 30.6 Å². The molecular formula is C27H30ClN3O2. The molecule has 2 aliphatic heterocycles. The summed E-state index contributed by atoms with van der Waals surface area (Å²) in [6.07, 6.45) is 11.4. The van der Waals surface area contributed by atoms with Crippen molar-refractivity contribution in [2.24, 2.45) is 0 Å². The van der Waals surface area contributed by atoms with Crippen LogP contribution in [0.4, 0.5) is 5.69 Å². The molecule has 0 atom stereocenters. The number of hydrogen-bond donors (Lipinski definition) is 2. The van der Waals surface area contributed by atoms with Crippen LogP contribution in [0, 0.1) is 0 Å². The highest BCUT2D eigenvalue weighted by atomic mass is 35.5. The molecule has 2 amide bonds. The molecule has 0 aromatic heterocycles. The van der Waals surface area contributed by atoms with E-state index in [9.17, 15) is 9.59 Å². The van der Waals surface area contributed by atoms with Gasteiger partial charge >= 0.3 is 0 Å². The van der Waals surface area contributed by atoms with Crippen LogP contribution < -0.4 is 10.6 Å². The monoisotopic (exact) mass is 463 g/mol. The Morgan fingerprint density at radius 3 is 2.52 bits per heavy atom. The van der Waals surface area contributed by atoms with Gasteiger partial charge in [-0.25, -0.2) is 0 Å². The number of hydrogen-bond acceptors (Lipinski definition) is 4. The SMILES string of the molecule is O=C1NC(=O)c2ccc(/C=C/CCCCl)cc2/C1=C/Nc1ccc(CN2CCCCC2)cc1. The van der Waals surface area contributed by atoms with E-state index in [4.69, 9.17) is 11.6 Å². The molecular weight excluding hydrogens is 434 g/mol. The minimum absolute atomic E-state index is 0.369. The first-order valence-electron chi connectivity index (χ1n) is 11.6. The highest BCUT2D eigenvalue weighted by molar-refractivity contribution is 6.31. The Morgan fingerprint density at radius 2 is 1.76 bits per heavy atom. The first-order valence-corrected chi connectivity index (χ1v) is 12.2. The fraction of sp³-hybridized carbons (Fsp3) is 0.333. The minimum Gasteiger partial charge on any atom is -0.361 e. The van der Waals surface area contributed by atoms with Crippen molar-refractivity contribution < 1.29 is 9.59 Å². The van der Waals surface area contributed by atoms with E-state index in [1.54, 1.807) is 12.3 Å². The number of carbonyl (C=O) groups excluding carboxylic acids is 2. The molecule has 0 spiro atoms. The zero-order valence-electron chi connectivity index (χ0n) is 18.8. The molecule has 2 aliphatic rings. The molecule has 33 heavy (non-hydrogen) atoms. The zero-order valence-corrected chi connectivity index (χ0v) is 19.5. The molecule has 0 bridgehead atoms. The zero-order chi connectivity index (χ0) is 23.0. The van der Waals surface area contributed by atoms with Gasteiger partial charge in [-0.15, -0.1) is 11.6 Å². The summed E-state index contributed by atoms with van der Waals surface area (Å²) in [6, 6.07) is 13.8. The molecule has 0 saturated carbocycles. The molecule has 2 N–H and O–H groups in total. The molecule has 6 heteroatoms. The fourth-order valence-electron chi connectivity index (χ4n) is 4.24. The number of likely N-dealkylation sites (tertiary alicyclic amines) is 1. The number of amides is 2. The third-order valence-electron chi connectivity index (χ3n) is 6.06. The lowest BCUT2D eigenvalue weighted by molar-refractivity contribution is -0.114. The van der Waals surface area contributed by atoms with Crippen LogP contribution in [0.2, 0.25) is 0 Å². The van der Waals surface area contributed by atoms with Crippen LogP contribution in [-0.4, -0.2) is 35.7 Å². The average molecular weight is 464 g/mol. The van der Waals surface area contributed by atoms with Crippen LogP contribution in [0.15, 0.2) is 54.7 Å². The van der Waals surface area contributed by atoms with Crippen molar-refractivity contribution in [3.05, 3.63) is 77.0 Å². The standard InChI is InChI=1S/C27H30ClN3O2/c28-14-4-1-3-7-20-10-13-23-24(17-20)25(27(33)30-26(23)32)18-29-22-11-8-21(9-12-22)19-31-15-5-2-6-16-31/h3,7-13,17-18,29H,1-2,4-6,14-16,19H2,(H,30,32,33)/b7-3+,25-18-. The van der Waals surface area contributed by atoms with Crippen LogP contribution in [0.5, 0.6) is 0 Å². The average Bonchev–Trinajstić information content (AvgIpc) is 2.83. The summed E-state index contributed by atoms with van der Waals surface area (Å²) < 4.78 is 0. The Kier molecular flexibility index (Phi) is 7.97. The number of allylic oxidation sites excluding steroid dienone is 1. The normalized spacial score (nSPS) is 17.9. The predicted octanol–water partition coefficient (Wildman–Crippen LogP) is 5.43. The van der Waals surface area contributed by atoms with Gasteiger partial charge < -0.3 is 5.32 Å². The van der Waals surface area contributed by atoms with Crippen LogP contribution in [0.1, 0.15) is 59.2 Å². The summed E-state index contributed by atoms with van der Waals surface area (Å²) in [5.41, 5.74) is 4.70. The summed E-state index contributed by atoms with van der Waals surface area (Å²) in [4.78, 5) is 27.4. The van der Waals surface area contributed by atoms with Gasteiger partial charge in [0.25, 0.3) is 11.8 Å². The quantitative estimate of drug-likeness (QED) is 0.237. The summed E-state index contributed by atoms with van der Waals surface area (Å²) >= 11 is 5.73. The molecule has 2 aromatic rings. The van der Waals surface area contributed by atoms with Gasteiger partial charge in [0.05, 0.1) is 5.57 Å². The van der Waals surface area contributed by atoms with Crippen molar-refractivity contribution in [1.29, 1.82) is 0 Å². The third-order valence-corrected chi connectivity index (χ3v) is 6.32. The van der Waals surface area contributed by atoms with Crippen LogP contribution in [-0.2, 0) is 11.3 Å². The lowest BCUT2D eigenvalue weighted by Crippen LogP contribution is -2.36. The van der Waals surface area contributed by atoms with Crippen molar-refractivity contribution in [2.45, 2.75) is 38.6 Å². The minimum atomic E-state index is -0.398. The number of carbonyl (C=O) groups is 2. The Labute approximate surface area is 200 Å². The second kappa shape index (κ2) is 11.3. The Morgan fingerprint density at radius 1 is 0.970 bits per heavy atom. The lowest BCUT2D eigenvalue weighted by atomic mass is 9.93. The molecule has 0 aliphatic carbocycles. The largest absolute Gasteiger partial charge is 0.361 e. The van der Waals surface area contributed by atoms with Crippen molar-refractivity contribution in [2.75, 3.05) is 24.3 Å². The fourth-order valence-corrected chi connectivity index (χ4v) is 4.40. The topological polar surface area (TPSA) is 61.4 Å². The van der Waals surface area contributed by atoms with E-state index in [2.05, 4.69) is 33.7 Å². The Balaban J connectivity index is 1.49. The van der Waals surface area contributed by atoms with Crippen LogP contribution in [0.3, 0.4) is 0 Å². The molecule has 4 rings (SSSR count). The van der Waals surface area contributed by atoms with Gasteiger partial charge in [-0.3, -0.25) is 19.8 Å². The van der Waals surface area contributed by atoms with Crippen LogP contribution >= 0.6 is 11.6 Å². The first kappa shape index (κ1) is 23.3. The Bertz CT molecular complexity index is 1050. The number of alkyl halides is 1. The van der Waals surface area contributed by atoms with E-state index in [1.807, 2.05) is 30.3 Å². The van der Waals surface area contributed by atoms with Gasteiger partial charge in [0.1, 0.15) is 0 Å². The number of imide groups is 1. The highest BCUT2D eigenvalue weighted by Gasteiger charge is 2.27. The smallest absolute Gasteiger partial charge is 0.260 e. The molecule has 0 unspecified atom stereocenters. The lowest BCUT2D eigenvalue weighted by Gasteiger charge is -2.26. The number of piperidine rings is 1. The van der Waals surface area contributed by atoms with Gasteiger partial charge in [0.2, 0.25) is 0 Å². The number of benzene rings is 2.